The van der Waals surface area contributed by atoms with Crippen LogP contribution in [0.3, 0.4) is 0 Å². The summed E-state index contributed by atoms with van der Waals surface area (Å²) >= 11 is 0. The van der Waals surface area contributed by atoms with Crippen molar-refractivity contribution in [2.45, 2.75) is 57.0 Å². The molecule has 0 atom stereocenters. The average Bonchev–Trinajstić information content (AvgIpc) is 3.13. The number of benzene rings is 1. The largest absolute Gasteiger partial charge is 0.469 e. The number of nitrogens with two attached hydrogens (primary N) is 1. The molecule has 0 unspecified atom stereocenters. The molecular formula is C20H31N3O2. The first-order valence-corrected chi connectivity index (χ1v) is 9.56. The van der Waals surface area contributed by atoms with Gasteiger partial charge in [0.25, 0.3) is 0 Å². The first-order valence-electron chi connectivity index (χ1n) is 9.56. The van der Waals surface area contributed by atoms with Gasteiger partial charge in [0.1, 0.15) is 0 Å². The molecule has 25 heavy (non-hydrogen) atoms. The van der Waals surface area contributed by atoms with E-state index in [4.69, 9.17) is 5.73 Å². The lowest BCUT2D eigenvalue weighted by molar-refractivity contribution is -0.140. The second-order valence-electron chi connectivity index (χ2n) is 7.38. The molecule has 0 spiro atoms. The van der Waals surface area contributed by atoms with Crippen LogP contribution in [-0.4, -0.2) is 49.8 Å². The van der Waals surface area contributed by atoms with Crippen LogP contribution in [0.4, 0.5) is 5.69 Å². The fraction of sp³-hybridized carbons (Fsp3) is 0.650. The molecule has 1 saturated heterocycles. The van der Waals surface area contributed by atoms with Crippen LogP contribution in [0.2, 0.25) is 0 Å². The lowest BCUT2D eigenvalue weighted by atomic mass is 9.91. The maximum Gasteiger partial charge on any atom is 0.305 e. The van der Waals surface area contributed by atoms with E-state index >= 15 is 0 Å². The summed E-state index contributed by atoms with van der Waals surface area (Å²) in [5.74, 6) is -0.127. The number of nitrogens with zero attached hydrogens (tertiary/aromatic N) is 2. The zero-order valence-corrected chi connectivity index (χ0v) is 15.3. The minimum Gasteiger partial charge on any atom is -0.469 e. The fourth-order valence-corrected chi connectivity index (χ4v) is 4.00. The fourth-order valence-electron chi connectivity index (χ4n) is 4.00. The van der Waals surface area contributed by atoms with E-state index in [-0.39, 0.29) is 5.97 Å². The molecule has 138 valence electrons. The highest BCUT2D eigenvalue weighted by Crippen LogP contribution is 2.26. The van der Waals surface area contributed by atoms with E-state index in [2.05, 4.69) is 38.8 Å². The molecule has 1 aliphatic carbocycles. The van der Waals surface area contributed by atoms with E-state index in [0.717, 1.165) is 32.6 Å². The van der Waals surface area contributed by atoms with Crippen LogP contribution < -0.4 is 10.6 Å². The van der Waals surface area contributed by atoms with Gasteiger partial charge in [0, 0.05) is 37.3 Å². The third-order valence-electron chi connectivity index (χ3n) is 5.64. The zero-order chi connectivity index (χ0) is 17.6. The summed E-state index contributed by atoms with van der Waals surface area (Å²) in [4.78, 5) is 16.3. The van der Waals surface area contributed by atoms with Crippen LogP contribution in [-0.2, 0) is 16.0 Å². The van der Waals surface area contributed by atoms with Crippen molar-refractivity contribution in [3.63, 3.8) is 0 Å². The first-order chi connectivity index (χ1) is 12.2. The van der Waals surface area contributed by atoms with Gasteiger partial charge in [-0.05, 0) is 56.2 Å². The number of ether oxygens (including phenoxy) is 1. The quantitative estimate of drug-likeness (QED) is 0.803. The Kier molecular flexibility index (Phi) is 6.32. The van der Waals surface area contributed by atoms with Gasteiger partial charge < -0.3 is 15.4 Å². The number of hydrogen-bond donors (Lipinski definition) is 1. The smallest absolute Gasteiger partial charge is 0.305 e. The number of anilines is 1. The maximum atomic E-state index is 11.2. The predicted octanol–water partition coefficient (Wildman–Crippen LogP) is 2.53. The van der Waals surface area contributed by atoms with E-state index < -0.39 is 0 Å². The third-order valence-corrected chi connectivity index (χ3v) is 5.64. The standard InChI is InChI=1S/C20H31N3O2/c1-25-20(24)4-2-3-16-5-9-18(10-6-16)22-13-14-23(15-22)19-11-7-17(21)8-12-19/h5-6,9-10,17,19H,2-4,7-8,11-15,21H2,1H3. The van der Waals surface area contributed by atoms with Crippen LogP contribution in [0.15, 0.2) is 24.3 Å². The number of aryl methyl sites for hydroxylation is 1. The van der Waals surface area contributed by atoms with Gasteiger partial charge in [0.2, 0.25) is 0 Å². The highest BCUT2D eigenvalue weighted by atomic mass is 16.5. The molecule has 3 rings (SSSR count). The van der Waals surface area contributed by atoms with Crippen LogP contribution in [0.5, 0.6) is 0 Å². The van der Waals surface area contributed by atoms with E-state index in [0.29, 0.717) is 18.5 Å². The van der Waals surface area contributed by atoms with Crippen LogP contribution >= 0.6 is 0 Å². The summed E-state index contributed by atoms with van der Waals surface area (Å²) in [6.45, 7) is 3.28. The molecule has 0 aromatic heterocycles. The van der Waals surface area contributed by atoms with Crippen LogP contribution in [0.25, 0.3) is 0 Å². The Morgan fingerprint density at radius 1 is 1.16 bits per heavy atom. The van der Waals surface area contributed by atoms with Crippen LogP contribution in [0, 0.1) is 0 Å². The minimum atomic E-state index is -0.127. The predicted molar refractivity (Wildman–Crippen MR) is 101 cm³/mol. The number of carbonyl (C=O) groups is 1. The third kappa shape index (κ3) is 4.95. The van der Waals surface area contributed by atoms with E-state index in [1.54, 1.807) is 0 Å². The highest BCUT2D eigenvalue weighted by Gasteiger charge is 2.29. The number of methoxy groups -OCH3 is 1. The van der Waals surface area contributed by atoms with Gasteiger partial charge in [-0.15, -0.1) is 0 Å². The number of esters is 1. The summed E-state index contributed by atoms with van der Waals surface area (Å²) in [7, 11) is 1.44. The average molecular weight is 345 g/mol. The van der Waals surface area contributed by atoms with E-state index in [1.807, 2.05) is 0 Å². The van der Waals surface area contributed by atoms with Gasteiger partial charge in [0.15, 0.2) is 0 Å². The zero-order valence-electron chi connectivity index (χ0n) is 15.3. The molecule has 0 bridgehead atoms. The van der Waals surface area contributed by atoms with Gasteiger partial charge in [0.05, 0.1) is 13.8 Å². The van der Waals surface area contributed by atoms with E-state index in [1.165, 1.54) is 44.0 Å². The van der Waals surface area contributed by atoms with Gasteiger partial charge in [-0.2, -0.15) is 0 Å². The topological polar surface area (TPSA) is 58.8 Å². The van der Waals surface area contributed by atoms with Crippen molar-refractivity contribution in [1.29, 1.82) is 0 Å². The molecule has 5 heteroatoms. The molecule has 1 aromatic carbocycles. The summed E-state index contributed by atoms with van der Waals surface area (Å²) in [6.07, 6.45) is 7.08. The molecule has 0 amide bonds. The Labute approximate surface area is 151 Å². The second kappa shape index (κ2) is 8.68. The van der Waals surface area contributed by atoms with Gasteiger partial charge in [-0.3, -0.25) is 9.69 Å². The summed E-state index contributed by atoms with van der Waals surface area (Å²) in [5.41, 5.74) is 8.61. The van der Waals surface area contributed by atoms with Crippen molar-refractivity contribution in [3.8, 4) is 0 Å². The van der Waals surface area contributed by atoms with Crippen molar-refractivity contribution in [3.05, 3.63) is 29.8 Å². The lowest BCUT2D eigenvalue weighted by Crippen LogP contribution is -2.40. The molecule has 2 aliphatic rings. The van der Waals surface area contributed by atoms with Gasteiger partial charge in [-0.25, -0.2) is 0 Å². The van der Waals surface area contributed by atoms with Crippen molar-refractivity contribution in [1.82, 2.24) is 4.90 Å². The van der Waals surface area contributed by atoms with Crippen molar-refractivity contribution in [2.75, 3.05) is 31.8 Å². The summed E-state index contributed by atoms with van der Waals surface area (Å²) in [5, 5.41) is 0. The molecule has 1 aromatic rings. The maximum absolute atomic E-state index is 11.2. The summed E-state index contributed by atoms with van der Waals surface area (Å²) in [6, 6.07) is 9.94. The monoisotopic (exact) mass is 345 g/mol. The minimum absolute atomic E-state index is 0.127. The highest BCUT2D eigenvalue weighted by molar-refractivity contribution is 5.69. The Morgan fingerprint density at radius 3 is 2.56 bits per heavy atom. The van der Waals surface area contributed by atoms with Gasteiger partial charge >= 0.3 is 5.97 Å². The molecule has 1 saturated carbocycles. The first kappa shape index (κ1) is 18.2. The molecule has 5 nitrogen and oxygen atoms in total. The SMILES string of the molecule is COC(=O)CCCc1ccc(N2CCN(C3CCC(N)CC3)C2)cc1. The number of hydrogen-bond acceptors (Lipinski definition) is 5. The van der Waals surface area contributed by atoms with Crippen molar-refractivity contribution < 1.29 is 9.53 Å². The second-order valence-corrected chi connectivity index (χ2v) is 7.38. The Bertz CT molecular complexity index is 553. The molecule has 0 radical (unpaired) electrons. The Balaban J connectivity index is 1.47. The van der Waals surface area contributed by atoms with Crippen molar-refractivity contribution in [2.24, 2.45) is 5.73 Å². The number of carbonyl (C=O) groups excluding carboxylic acids is 1. The van der Waals surface area contributed by atoms with E-state index in [9.17, 15) is 4.79 Å². The summed E-state index contributed by atoms with van der Waals surface area (Å²) < 4.78 is 4.68. The molecule has 2 N–H and O–H groups in total. The van der Waals surface area contributed by atoms with Crippen LogP contribution in [0.1, 0.15) is 44.1 Å². The normalized spacial score (nSPS) is 24.5. The molecule has 1 heterocycles. The Morgan fingerprint density at radius 2 is 1.88 bits per heavy atom. The number of rotatable bonds is 6. The molecule has 2 fully saturated rings. The van der Waals surface area contributed by atoms with Gasteiger partial charge in [-0.1, -0.05) is 12.1 Å². The Hall–Kier alpha value is -1.59. The molecular weight excluding hydrogens is 314 g/mol. The lowest BCUT2D eigenvalue weighted by Gasteiger charge is -2.33. The van der Waals surface area contributed by atoms with Crippen molar-refractivity contribution >= 4 is 11.7 Å². The molecule has 1 aliphatic heterocycles.